The Labute approximate surface area is 205 Å². The zero-order valence-electron chi connectivity index (χ0n) is 18.8. The molecule has 1 N–H and O–H groups in total. The second-order valence-corrected chi connectivity index (χ2v) is 11.6. The van der Waals surface area contributed by atoms with Crippen molar-refractivity contribution in [3.63, 3.8) is 0 Å². The number of allylic oxidation sites excluding steroid dienone is 2. The lowest BCUT2D eigenvalue weighted by atomic mass is 9.85. The molecule has 2 aliphatic carbocycles. The van der Waals surface area contributed by atoms with Crippen LogP contribution in [0, 0.1) is 37.5 Å². The molecule has 1 aromatic heterocycles. The molecule has 172 valence electrons. The number of hydrogen-bond donors (Lipinski definition) is 1. The van der Waals surface area contributed by atoms with Crippen LogP contribution in [0.1, 0.15) is 17.5 Å². The van der Waals surface area contributed by atoms with E-state index >= 15 is 0 Å². The van der Waals surface area contributed by atoms with Crippen LogP contribution in [0.3, 0.4) is 0 Å². The highest BCUT2D eigenvalue weighted by molar-refractivity contribution is 8.01. The molecule has 6 rings (SSSR count). The van der Waals surface area contributed by atoms with Gasteiger partial charge >= 0.3 is 0 Å². The molecule has 6 nitrogen and oxygen atoms in total. The molecule has 4 atom stereocenters. The van der Waals surface area contributed by atoms with E-state index in [9.17, 15) is 14.4 Å². The van der Waals surface area contributed by atoms with Gasteiger partial charge in [-0.2, -0.15) is 0 Å². The first kappa shape index (κ1) is 21.6. The molecule has 2 heterocycles. The summed E-state index contributed by atoms with van der Waals surface area (Å²) in [7, 11) is 0. The average Bonchev–Trinajstić information content (AvgIpc) is 3.57. The number of benzene rings is 2. The van der Waals surface area contributed by atoms with Crippen LogP contribution in [0.25, 0.3) is 10.2 Å². The van der Waals surface area contributed by atoms with Crippen molar-refractivity contribution in [3.05, 3.63) is 59.7 Å². The predicted octanol–water partition coefficient (Wildman–Crippen LogP) is 4.96. The summed E-state index contributed by atoms with van der Waals surface area (Å²) in [5.41, 5.74) is 4.36. The smallest absolute Gasteiger partial charge is 0.238 e. The van der Waals surface area contributed by atoms with Crippen molar-refractivity contribution in [1.29, 1.82) is 0 Å². The van der Waals surface area contributed by atoms with Crippen LogP contribution in [0.2, 0.25) is 0 Å². The lowest BCUT2D eigenvalue weighted by Crippen LogP contribution is -2.32. The molecule has 3 amide bonds. The summed E-state index contributed by atoms with van der Waals surface area (Å²) >= 11 is 2.86. The molecule has 1 saturated carbocycles. The van der Waals surface area contributed by atoms with Crippen molar-refractivity contribution in [2.75, 3.05) is 16.0 Å². The van der Waals surface area contributed by atoms with Crippen molar-refractivity contribution >= 4 is 62.4 Å². The van der Waals surface area contributed by atoms with Crippen molar-refractivity contribution in [3.8, 4) is 0 Å². The number of imide groups is 1. The molecule has 1 aliphatic heterocycles. The molecule has 2 aromatic carbocycles. The number of thiazole rings is 1. The minimum absolute atomic E-state index is 0.0755. The quantitative estimate of drug-likeness (QED) is 0.311. The van der Waals surface area contributed by atoms with E-state index < -0.39 is 0 Å². The van der Waals surface area contributed by atoms with Crippen LogP contribution in [0.4, 0.5) is 11.4 Å². The van der Waals surface area contributed by atoms with E-state index in [2.05, 4.69) is 22.5 Å². The van der Waals surface area contributed by atoms with Gasteiger partial charge in [0.25, 0.3) is 0 Å². The van der Waals surface area contributed by atoms with Crippen LogP contribution >= 0.6 is 23.1 Å². The summed E-state index contributed by atoms with van der Waals surface area (Å²) in [5, 5.41) is 2.97. The van der Waals surface area contributed by atoms with Gasteiger partial charge in [0, 0.05) is 5.69 Å². The second-order valence-electron chi connectivity index (χ2n) is 9.30. The molecular weight excluding hydrogens is 466 g/mol. The van der Waals surface area contributed by atoms with Gasteiger partial charge in [0.2, 0.25) is 17.7 Å². The molecule has 1 saturated heterocycles. The highest BCUT2D eigenvalue weighted by Crippen LogP contribution is 2.53. The number of carbonyl (C=O) groups is 3. The Morgan fingerprint density at radius 3 is 2.56 bits per heavy atom. The van der Waals surface area contributed by atoms with Crippen molar-refractivity contribution in [2.45, 2.75) is 24.6 Å². The number of carbonyl (C=O) groups excluding carboxylic acids is 3. The number of thioether (sulfide) groups is 1. The topological polar surface area (TPSA) is 79.4 Å². The summed E-state index contributed by atoms with van der Waals surface area (Å²) in [6.07, 6.45) is 5.13. The van der Waals surface area contributed by atoms with Gasteiger partial charge in [0.1, 0.15) is 0 Å². The molecule has 3 aliphatic rings. The minimum atomic E-state index is -0.207. The Hall–Kier alpha value is -2.97. The van der Waals surface area contributed by atoms with E-state index in [0.717, 1.165) is 37.8 Å². The van der Waals surface area contributed by atoms with Crippen LogP contribution in [0.5, 0.6) is 0 Å². The number of amides is 3. The van der Waals surface area contributed by atoms with Crippen LogP contribution in [-0.4, -0.2) is 28.5 Å². The second kappa shape index (κ2) is 8.06. The fraction of sp³-hybridized carbons (Fsp3) is 0.308. The van der Waals surface area contributed by atoms with Crippen LogP contribution < -0.4 is 10.2 Å². The Bertz CT molecular complexity index is 1370. The fourth-order valence-electron chi connectivity index (χ4n) is 5.43. The number of fused-ring (bicyclic) bond motifs is 6. The number of hydrogen-bond acceptors (Lipinski definition) is 6. The van der Waals surface area contributed by atoms with Crippen molar-refractivity contribution < 1.29 is 14.4 Å². The Balaban J connectivity index is 1.17. The molecule has 3 aromatic rings. The third-order valence-electron chi connectivity index (χ3n) is 7.07. The first-order valence-electron chi connectivity index (χ1n) is 11.4. The Morgan fingerprint density at radius 1 is 1.09 bits per heavy atom. The van der Waals surface area contributed by atoms with E-state index in [0.29, 0.717) is 5.69 Å². The van der Waals surface area contributed by atoms with Crippen molar-refractivity contribution in [1.82, 2.24) is 4.98 Å². The first-order chi connectivity index (χ1) is 16.4. The lowest BCUT2D eigenvalue weighted by Gasteiger charge is -2.17. The molecule has 2 fully saturated rings. The number of aryl methyl sites for hydroxylation is 2. The van der Waals surface area contributed by atoms with E-state index in [1.165, 1.54) is 28.0 Å². The molecule has 0 unspecified atom stereocenters. The number of aromatic nitrogens is 1. The molecule has 0 radical (unpaired) electrons. The van der Waals surface area contributed by atoms with E-state index in [-0.39, 0.29) is 47.1 Å². The predicted molar refractivity (Wildman–Crippen MR) is 135 cm³/mol. The summed E-state index contributed by atoms with van der Waals surface area (Å²) in [6, 6.07) is 11.5. The van der Waals surface area contributed by atoms with Gasteiger partial charge in [0.05, 0.1) is 33.5 Å². The number of nitrogens with one attached hydrogen (secondary N) is 1. The maximum absolute atomic E-state index is 13.1. The van der Waals surface area contributed by atoms with Gasteiger partial charge in [0.15, 0.2) is 4.34 Å². The van der Waals surface area contributed by atoms with Gasteiger partial charge < -0.3 is 5.32 Å². The third-order valence-corrected chi connectivity index (χ3v) is 9.24. The fourth-order valence-corrected chi connectivity index (χ4v) is 7.34. The summed E-state index contributed by atoms with van der Waals surface area (Å²) in [6.45, 7) is 3.97. The number of nitrogens with zero attached hydrogens (tertiary/aromatic N) is 2. The molecule has 0 spiro atoms. The van der Waals surface area contributed by atoms with Gasteiger partial charge in [-0.15, -0.1) is 11.3 Å². The average molecular weight is 490 g/mol. The van der Waals surface area contributed by atoms with Gasteiger partial charge in [-0.05, 0) is 67.5 Å². The normalized spacial score (nSPS) is 24.9. The van der Waals surface area contributed by atoms with Gasteiger partial charge in [-0.25, -0.2) is 9.88 Å². The van der Waals surface area contributed by atoms with Crippen LogP contribution in [0.15, 0.2) is 52.9 Å². The molecular formula is C26H23N3O3S2. The van der Waals surface area contributed by atoms with Crippen molar-refractivity contribution in [2.24, 2.45) is 23.7 Å². The summed E-state index contributed by atoms with van der Waals surface area (Å²) in [5.74, 6) is -0.00343. The standard InChI is InChI=1S/C26H23N3O3S2/c1-13-3-4-14(2)19(9-13)27-21(30)12-33-26-28-18-8-7-17(11-20(18)34-26)29-24(31)22-15-5-6-16(10-15)23(22)25(29)32/h3-9,11,15-16,22-23H,10,12H2,1-2H3,(H,27,30)/t15-,16-,22-,23-/m0/s1. The first-order valence-corrected chi connectivity index (χ1v) is 13.2. The third kappa shape index (κ3) is 3.47. The summed E-state index contributed by atoms with van der Waals surface area (Å²) in [4.78, 5) is 44.7. The highest BCUT2D eigenvalue weighted by atomic mass is 32.2. The zero-order valence-corrected chi connectivity index (χ0v) is 20.4. The molecule has 2 bridgehead atoms. The van der Waals surface area contributed by atoms with E-state index in [4.69, 9.17) is 0 Å². The van der Waals surface area contributed by atoms with E-state index in [1.54, 1.807) is 6.07 Å². The molecule has 34 heavy (non-hydrogen) atoms. The SMILES string of the molecule is Cc1ccc(C)c(NC(=O)CSc2nc3ccc(N4C(=O)[C@@H]5[C@@H](C4=O)[C@H]4C=C[C@H]5C4)cc3s2)c1. The Kier molecular flexibility index (Phi) is 5.11. The maximum atomic E-state index is 13.1. The zero-order chi connectivity index (χ0) is 23.6. The number of anilines is 2. The van der Waals surface area contributed by atoms with Crippen LogP contribution in [-0.2, 0) is 14.4 Å². The number of rotatable bonds is 5. The largest absolute Gasteiger partial charge is 0.325 e. The molecule has 8 heteroatoms. The monoisotopic (exact) mass is 489 g/mol. The van der Waals surface area contributed by atoms with E-state index in [1.807, 2.05) is 44.2 Å². The lowest BCUT2D eigenvalue weighted by molar-refractivity contribution is -0.123. The maximum Gasteiger partial charge on any atom is 0.238 e. The summed E-state index contributed by atoms with van der Waals surface area (Å²) < 4.78 is 1.68. The van der Waals surface area contributed by atoms with Gasteiger partial charge in [-0.3, -0.25) is 14.4 Å². The minimum Gasteiger partial charge on any atom is -0.325 e. The highest BCUT2D eigenvalue weighted by Gasteiger charge is 2.59. The Morgan fingerprint density at radius 2 is 1.82 bits per heavy atom. The van der Waals surface area contributed by atoms with Gasteiger partial charge in [-0.1, -0.05) is 36.0 Å².